The Morgan fingerprint density at radius 2 is 1.89 bits per heavy atom. The molecule has 1 spiro atoms. The highest BCUT2D eigenvalue weighted by Crippen LogP contribution is 2.47. The quantitative estimate of drug-likeness (QED) is 0.855. The molecule has 2 saturated heterocycles. The van der Waals surface area contributed by atoms with E-state index in [4.69, 9.17) is 9.47 Å². The van der Waals surface area contributed by atoms with Gasteiger partial charge in [0.2, 0.25) is 0 Å². The average molecular weight is 379 g/mol. The summed E-state index contributed by atoms with van der Waals surface area (Å²) in [7, 11) is 3.31. The minimum atomic E-state index is -0.384. The Labute approximate surface area is 164 Å². The molecule has 2 aromatic carbocycles. The number of fused-ring (bicyclic) bond motifs is 4. The molecule has 3 aliphatic rings. The van der Waals surface area contributed by atoms with Gasteiger partial charge in [-0.2, -0.15) is 0 Å². The van der Waals surface area contributed by atoms with Gasteiger partial charge in [0.05, 0.1) is 25.8 Å². The smallest absolute Gasteiger partial charge is 0.255 e. The Balaban J connectivity index is 1.42. The van der Waals surface area contributed by atoms with Gasteiger partial charge in [-0.05, 0) is 42.7 Å². The van der Waals surface area contributed by atoms with Gasteiger partial charge in [0.1, 0.15) is 5.66 Å². The summed E-state index contributed by atoms with van der Waals surface area (Å²) in [6.07, 6.45) is 3.16. The molecule has 2 fully saturated rings. The van der Waals surface area contributed by atoms with Crippen LogP contribution in [-0.4, -0.2) is 42.8 Å². The maximum absolute atomic E-state index is 12.7. The number of hydrogen-bond donors (Lipinski definition) is 2. The summed E-state index contributed by atoms with van der Waals surface area (Å²) in [4.78, 5) is 15.3. The number of nitrogens with zero attached hydrogens (tertiary/aromatic N) is 1. The summed E-state index contributed by atoms with van der Waals surface area (Å²) in [5.41, 5.74) is 2.46. The monoisotopic (exact) mass is 379 g/mol. The second kappa shape index (κ2) is 6.41. The number of anilines is 1. The number of rotatable bonds is 4. The molecule has 3 atom stereocenters. The van der Waals surface area contributed by atoms with E-state index in [0.717, 1.165) is 42.1 Å². The fourth-order valence-electron chi connectivity index (χ4n) is 5.22. The zero-order valence-electron chi connectivity index (χ0n) is 16.2. The van der Waals surface area contributed by atoms with Gasteiger partial charge in [-0.1, -0.05) is 18.2 Å². The van der Waals surface area contributed by atoms with Gasteiger partial charge in [-0.25, -0.2) is 0 Å². The fraction of sp³-hybridized carbons (Fsp3) is 0.409. The normalized spacial score (nSPS) is 28.0. The van der Waals surface area contributed by atoms with Crippen LogP contribution in [0.3, 0.4) is 0 Å². The van der Waals surface area contributed by atoms with Gasteiger partial charge in [0.25, 0.3) is 5.91 Å². The SMILES string of the molecule is COc1ccc(CN2[C@H]3CC[C@H]2[C@]2(C3)NC(=O)c3ccccc3N2)cc1OC. The van der Waals surface area contributed by atoms with Crippen LogP contribution in [-0.2, 0) is 6.54 Å². The summed E-state index contributed by atoms with van der Waals surface area (Å²) in [5.74, 6) is 1.51. The molecule has 0 aromatic heterocycles. The zero-order valence-corrected chi connectivity index (χ0v) is 16.2. The number of ether oxygens (including phenoxy) is 2. The van der Waals surface area contributed by atoms with E-state index in [2.05, 4.69) is 21.6 Å². The highest BCUT2D eigenvalue weighted by atomic mass is 16.5. The molecule has 2 aromatic rings. The molecule has 0 radical (unpaired) electrons. The van der Waals surface area contributed by atoms with Crippen LogP contribution in [0.1, 0.15) is 35.2 Å². The van der Waals surface area contributed by atoms with Crippen LogP contribution >= 0.6 is 0 Å². The Bertz CT molecular complexity index is 931. The van der Waals surface area contributed by atoms with Crippen LogP contribution < -0.4 is 20.1 Å². The molecule has 0 saturated carbocycles. The van der Waals surface area contributed by atoms with E-state index >= 15 is 0 Å². The highest BCUT2D eigenvalue weighted by Gasteiger charge is 2.58. The number of para-hydroxylation sites is 1. The summed E-state index contributed by atoms with van der Waals surface area (Å²) in [5, 5.41) is 6.97. The third kappa shape index (κ3) is 2.55. The molecule has 0 unspecified atom stereocenters. The van der Waals surface area contributed by atoms with Crippen LogP contribution in [0.2, 0.25) is 0 Å². The van der Waals surface area contributed by atoms with Gasteiger partial charge in [-0.15, -0.1) is 0 Å². The molecule has 6 nitrogen and oxygen atoms in total. The van der Waals surface area contributed by atoms with Crippen molar-refractivity contribution in [3.05, 3.63) is 53.6 Å². The lowest BCUT2D eigenvalue weighted by atomic mass is 9.86. The first-order valence-corrected chi connectivity index (χ1v) is 9.80. The van der Waals surface area contributed by atoms with Gasteiger partial charge in [0.15, 0.2) is 11.5 Å². The van der Waals surface area contributed by atoms with Crippen LogP contribution in [0.25, 0.3) is 0 Å². The molecule has 0 aliphatic carbocycles. The Hall–Kier alpha value is -2.73. The molecular formula is C22H25N3O3. The van der Waals surface area contributed by atoms with Crippen molar-refractivity contribution in [1.29, 1.82) is 0 Å². The molecule has 3 aliphatic heterocycles. The van der Waals surface area contributed by atoms with Gasteiger partial charge in [0, 0.05) is 24.7 Å². The predicted molar refractivity (Wildman–Crippen MR) is 107 cm³/mol. The molecule has 1 amide bonds. The number of carbonyl (C=O) groups excluding carboxylic acids is 1. The third-order valence-electron chi connectivity index (χ3n) is 6.45. The molecule has 3 heterocycles. The van der Waals surface area contributed by atoms with Crippen molar-refractivity contribution < 1.29 is 14.3 Å². The van der Waals surface area contributed by atoms with Gasteiger partial charge < -0.3 is 20.1 Å². The van der Waals surface area contributed by atoms with Crippen molar-refractivity contribution in [2.75, 3.05) is 19.5 Å². The Morgan fingerprint density at radius 3 is 2.71 bits per heavy atom. The van der Waals surface area contributed by atoms with E-state index in [9.17, 15) is 4.79 Å². The van der Waals surface area contributed by atoms with E-state index in [-0.39, 0.29) is 17.6 Å². The van der Waals surface area contributed by atoms with Crippen molar-refractivity contribution in [1.82, 2.24) is 10.2 Å². The molecular weight excluding hydrogens is 354 g/mol. The third-order valence-corrected chi connectivity index (χ3v) is 6.45. The van der Waals surface area contributed by atoms with Crippen LogP contribution in [0.5, 0.6) is 11.5 Å². The van der Waals surface area contributed by atoms with Crippen molar-refractivity contribution in [2.24, 2.45) is 0 Å². The van der Waals surface area contributed by atoms with Crippen molar-refractivity contribution >= 4 is 11.6 Å². The summed E-state index contributed by atoms with van der Waals surface area (Å²) in [6.45, 7) is 0.830. The largest absolute Gasteiger partial charge is 0.493 e. The topological polar surface area (TPSA) is 62.8 Å². The molecule has 5 rings (SSSR count). The first-order valence-electron chi connectivity index (χ1n) is 9.80. The number of amides is 1. The first-order chi connectivity index (χ1) is 13.6. The second-order valence-corrected chi connectivity index (χ2v) is 7.91. The average Bonchev–Trinajstić information content (AvgIpc) is 3.21. The molecule has 28 heavy (non-hydrogen) atoms. The zero-order chi connectivity index (χ0) is 19.3. The lowest BCUT2D eigenvalue weighted by molar-refractivity contribution is 0.0870. The second-order valence-electron chi connectivity index (χ2n) is 7.91. The molecule has 2 bridgehead atoms. The summed E-state index contributed by atoms with van der Waals surface area (Å²) >= 11 is 0. The lowest BCUT2D eigenvalue weighted by Gasteiger charge is -2.43. The van der Waals surface area contributed by atoms with Gasteiger partial charge in [-0.3, -0.25) is 9.69 Å². The number of carbonyl (C=O) groups is 1. The first kappa shape index (κ1) is 17.4. The van der Waals surface area contributed by atoms with E-state index in [1.165, 1.54) is 12.0 Å². The van der Waals surface area contributed by atoms with Crippen LogP contribution in [0.4, 0.5) is 5.69 Å². The van der Waals surface area contributed by atoms with Crippen molar-refractivity contribution in [3.63, 3.8) is 0 Å². The predicted octanol–water partition coefficient (Wildman–Crippen LogP) is 2.99. The highest BCUT2D eigenvalue weighted by molar-refractivity contribution is 6.02. The maximum Gasteiger partial charge on any atom is 0.255 e. The number of methoxy groups -OCH3 is 2. The minimum Gasteiger partial charge on any atom is -0.493 e. The number of benzene rings is 2. The molecule has 146 valence electrons. The summed E-state index contributed by atoms with van der Waals surface area (Å²) in [6, 6.07) is 14.6. The molecule has 6 heteroatoms. The molecule has 2 N–H and O–H groups in total. The number of nitrogens with one attached hydrogen (secondary N) is 2. The van der Waals surface area contributed by atoms with E-state index in [0.29, 0.717) is 6.04 Å². The maximum atomic E-state index is 12.7. The van der Waals surface area contributed by atoms with E-state index in [1.807, 2.05) is 36.4 Å². The van der Waals surface area contributed by atoms with Crippen LogP contribution in [0, 0.1) is 0 Å². The van der Waals surface area contributed by atoms with Gasteiger partial charge >= 0.3 is 0 Å². The standard InChI is InChI=1S/C22H25N3O3/c1-27-18-9-7-14(11-19(18)28-2)13-25-15-8-10-20(25)22(12-15)23-17-6-4-3-5-16(17)21(26)24-22/h3-7,9,11,15,20,23H,8,10,12-13H2,1-2H3,(H,24,26)/t15-,20-,22-/m0/s1. The van der Waals surface area contributed by atoms with E-state index in [1.54, 1.807) is 14.2 Å². The minimum absolute atomic E-state index is 0.0213. The van der Waals surface area contributed by atoms with Crippen molar-refractivity contribution in [3.8, 4) is 11.5 Å². The number of hydrogen-bond acceptors (Lipinski definition) is 5. The summed E-state index contributed by atoms with van der Waals surface area (Å²) < 4.78 is 10.8. The van der Waals surface area contributed by atoms with Crippen LogP contribution in [0.15, 0.2) is 42.5 Å². The lowest BCUT2D eigenvalue weighted by Crippen LogP contribution is -2.64. The van der Waals surface area contributed by atoms with E-state index < -0.39 is 0 Å². The van der Waals surface area contributed by atoms with Crippen molar-refractivity contribution in [2.45, 2.75) is 43.6 Å². The Kier molecular flexibility index (Phi) is 3.98. The Morgan fingerprint density at radius 1 is 1.07 bits per heavy atom. The fourth-order valence-corrected chi connectivity index (χ4v) is 5.22.